The van der Waals surface area contributed by atoms with Gasteiger partial charge in [0, 0.05) is 22.7 Å². The van der Waals surface area contributed by atoms with E-state index in [1.54, 1.807) is 0 Å². The molecule has 0 amide bonds. The van der Waals surface area contributed by atoms with Gasteiger partial charge in [0.1, 0.15) is 5.75 Å². The van der Waals surface area contributed by atoms with Gasteiger partial charge in [-0.1, -0.05) is 225 Å². The molecule has 0 spiro atoms. The first kappa shape index (κ1) is 47.2. The lowest BCUT2D eigenvalue weighted by Gasteiger charge is -2.35. The summed E-state index contributed by atoms with van der Waals surface area (Å²) in [5.41, 5.74) is 21.2. The second-order valence-electron chi connectivity index (χ2n) is 18.8. The molecule has 0 N–H and O–H groups in total. The van der Waals surface area contributed by atoms with Gasteiger partial charge >= 0.3 is 0 Å². The number of nitrogens with zero attached hydrogens (tertiary/aromatic N) is 2. The molecule has 0 aliphatic carbocycles. The van der Waals surface area contributed by atoms with Crippen LogP contribution in [0.25, 0.3) is 66.8 Å². The van der Waals surface area contributed by atoms with Gasteiger partial charge in [-0.3, -0.25) is 0 Å². The number of unbranched alkanes of at least 4 members (excludes halogenated alkanes) is 1. The van der Waals surface area contributed by atoms with Crippen molar-refractivity contribution in [3.8, 4) is 72.5 Å². The molecule has 0 saturated carbocycles. The minimum absolute atomic E-state index is 0.693. The Morgan fingerprint density at radius 3 is 0.865 bits per heavy atom. The van der Waals surface area contributed by atoms with Crippen molar-refractivity contribution in [3.05, 3.63) is 285 Å². The van der Waals surface area contributed by atoms with E-state index >= 15 is 0 Å². The maximum atomic E-state index is 6.23. The molecule has 0 fully saturated rings. The van der Waals surface area contributed by atoms with Crippen LogP contribution >= 0.6 is 0 Å². The topological polar surface area (TPSA) is 15.7 Å². The quantitative estimate of drug-likeness (QED) is 0.0898. The molecule has 0 radical (unpaired) electrons. The number of hydrogen-bond acceptors (Lipinski definition) is 3. The molecule has 358 valence electrons. The molecular weight excluding hydrogens is 897 g/mol. The molecule has 0 bridgehead atoms. The van der Waals surface area contributed by atoms with Crippen LogP contribution in [0.4, 0.5) is 34.1 Å². The Morgan fingerprint density at radius 2 is 0.568 bits per heavy atom. The monoisotopic (exact) mass is 954 g/mol. The van der Waals surface area contributed by atoms with Crippen molar-refractivity contribution >= 4 is 34.1 Å². The summed E-state index contributed by atoms with van der Waals surface area (Å²) in [6.45, 7) is 5.04. The predicted octanol–water partition coefficient (Wildman–Crippen LogP) is 20.1. The Bertz CT molecular complexity index is 3380. The molecule has 3 heteroatoms. The highest BCUT2D eigenvalue weighted by atomic mass is 16.5. The molecule has 0 aliphatic rings. The van der Waals surface area contributed by atoms with E-state index in [0.29, 0.717) is 6.61 Å². The van der Waals surface area contributed by atoms with Gasteiger partial charge in [0.15, 0.2) is 0 Å². The summed E-state index contributed by atoms with van der Waals surface area (Å²) in [6.07, 6.45) is 2.10. The van der Waals surface area contributed by atoms with Crippen molar-refractivity contribution in [3.63, 3.8) is 0 Å². The molecule has 0 heterocycles. The zero-order valence-corrected chi connectivity index (χ0v) is 42.0. The molecule has 0 atom stereocenters. The highest BCUT2D eigenvalue weighted by Gasteiger charge is 2.26. The summed E-state index contributed by atoms with van der Waals surface area (Å²) in [7, 11) is 0. The summed E-state index contributed by atoms with van der Waals surface area (Å²) < 4.78 is 6.23. The van der Waals surface area contributed by atoms with Crippen molar-refractivity contribution in [1.82, 2.24) is 0 Å². The van der Waals surface area contributed by atoms with Crippen LogP contribution in [0.1, 0.15) is 25.3 Å². The van der Waals surface area contributed by atoms with Gasteiger partial charge in [0.05, 0.1) is 18.0 Å². The SMILES string of the molecule is CCCCOc1ccc(-c2cc(N(c3ccc(-c4ccccc4)cc3)c3ccc(-c4ccccc4)cc3)c(N(c3ccc(-c4ccccc4)cc3)c3ccc(-c4ccccc4)cc3)cc2-c2ccc(C)cc2)cc1. The summed E-state index contributed by atoms with van der Waals surface area (Å²) in [4.78, 5) is 4.88. The molecule has 0 aliphatic heterocycles. The Labute approximate surface area is 436 Å². The lowest BCUT2D eigenvalue weighted by Crippen LogP contribution is -2.17. The van der Waals surface area contributed by atoms with Crippen LogP contribution in [0.2, 0.25) is 0 Å². The van der Waals surface area contributed by atoms with Gasteiger partial charge in [0.2, 0.25) is 0 Å². The third-order valence-corrected chi connectivity index (χ3v) is 13.8. The van der Waals surface area contributed by atoms with Crippen molar-refractivity contribution in [2.75, 3.05) is 16.4 Å². The third kappa shape index (κ3) is 10.4. The summed E-state index contributed by atoms with van der Waals surface area (Å²) in [5, 5.41) is 0. The lowest BCUT2D eigenvalue weighted by molar-refractivity contribution is 0.309. The van der Waals surface area contributed by atoms with Crippen LogP contribution in [-0.2, 0) is 0 Å². The molecule has 11 aromatic carbocycles. The molecule has 0 aromatic heterocycles. The second-order valence-corrected chi connectivity index (χ2v) is 18.8. The predicted molar refractivity (Wildman–Crippen MR) is 314 cm³/mol. The fourth-order valence-electron chi connectivity index (χ4n) is 9.80. The van der Waals surface area contributed by atoms with Gasteiger partial charge in [-0.2, -0.15) is 0 Å². The number of rotatable bonds is 16. The van der Waals surface area contributed by atoms with E-state index in [2.05, 4.69) is 303 Å². The Balaban J connectivity index is 1.19. The van der Waals surface area contributed by atoms with E-state index in [4.69, 9.17) is 4.74 Å². The Morgan fingerprint density at radius 1 is 0.297 bits per heavy atom. The molecule has 0 saturated heterocycles. The molecule has 3 nitrogen and oxygen atoms in total. The van der Waals surface area contributed by atoms with Crippen LogP contribution in [-0.4, -0.2) is 6.61 Å². The number of aryl methyl sites for hydroxylation is 1. The first-order valence-electron chi connectivity index (χ1n) is 25.8. The van der Waals surface area contributed by atoms with Crippen LogP contribution < -0.4 is 14.5 Å². The Kier molecular flexibility index (Phi) is 14.1. The van der Waals surface area contributed by atoms with E-state index in [0.717, 1.165) is 97.2 Å². The van der Waals surface area contributed by atoms with Crippen LogP contribution in [0.5, 0.6) is 5.75 Å². The average molecular weight is 955 g/mol. The zero-order valence-electron chi connectivity index (χ0n) is 42.0. The normalized spacial score (nSPS) is 11.0. The number of ether oxygens (including phenoxy) is 1. The van der Waals surface area contributed by atoms with E-state index in [-0.39, 0.29) is 0 Å². The molecule has 74 heavy (non-hydrogen) atoms. The maximum absolute atomic E-state index is 6.23. The Hall–Kier alpha value is -9.18. The maximum Gasteiger partial charge on any atom is 0.119 e. The molecule has 11 rings (SSSR count). The smallest absolute Gasteiger partial charge is 0.119 e. The van der Waals surface area contributed by atoms with Crippen LogP contribution in [0.3, 0.4) is 0 Å². The summed E-state index contributed by atoms with van der Waals surface area (Å²) >= 11 is 0. The van der Waals surface area contributed by atoms with Gasteiger partial charge in [-0.25, -0.2) is 0 Å². The molecule has 0 unspecified atom stereocenters. The minimum Gasteiger partial charge on any atom is -0.494 e. The van der Waals surface area contributed by atoms with E-state index in [9.17, 15) is 0 Å². The molecular formula is C71H58N2O. The van der Waals surface area contributed by atoms with Crippen LogP contribution in [0, 0.1) is 6.92 Å². The lowest BCUT2D eigenvalue weighted by atomic mass is 9.91. The van der Waals surface area contributed by atoms with Crippen LogP contribution in [0.15, 0.2) is 279 Å². The highest BCUT2D eigenvalue weighted by Crippen LogP contribution is 2.51. The van der Waals surface area contributed by atoms with Crippen molar-refractivity contribution < 1.29 is 4.74 Å². The van der Waals surface area contributed by atoms with E-state index in [1.165, 1.54) is 27.8 Å². The van der Waals surface area contributed by atoms with Crippen molar-refractivity contribution in [2.45, 2.75) is 26.7 Å². The fourth-order valence-corrected chi connectivity index (χ4v) is 9.80. The zero-order chi connectivity index (χ0) is 50.1. The first-order chi connectivity index (χ1) is 36.6. The summed E-state index contributed by atoms with van der Waals surface area (Å²) in [6, 6.07) is 101. The second kappa shape index (κ2) is 22.1. The number of hydrogen-bond donors (Lipinski definition) is 0. The number of anilines is 6. The van der Waals surface area contributed by atoms with E-state index in [1.807, 2.05) is 0 Å². The van der Waals surface area contributed by atoms with Gasteiger partial charge in [0.25, 0.3) is 0 Å². The standard InChI is InChI=1S/C71H58N2O/c1-3-4-49-74-67-47-37-62(38-48-67)69-51-71(73(65-43-33-59(34-44-65)55-21-13-7-14-22-55)66-45-35-60(36-46-66)56-23-15-8-16-24-56)70(50-68(69)61-27-25-52(2)26-28-61)72(63-39-29-57(30-40-63)53-17-9-5-10-18-53)64-41-31-58(32-42-64)54-19-11-6-12-20-54/h5-48,50-51H,3-4,49H2,1-2H3. The number of benzene rings is 11. The van der Waals surface area contributed by atoms with E-state index < -0.39 is 0 Å². The largest absolute Gasteiger partial charge is 0.494 e. The summed E-state index contributed by atoms with van der Waals surface area (Å²) in [5.74, 6) is 0.874. The van der Waals surface area contributed by atoms with Gasteiger partial charge < -0.3 is 14.5 Å². The highest BCUT2D eigenvalue weighted by molar-refractivity contribution is 5.99. The van der Waals surface area contributed by atoms with Crippen molar-refractivity contribution in [1.29, 1.82) is 0 Å². The first-order valence-corrected chi connectivity index (χ1v) is 25.8. The average Bonchev–Trinajstić information content (AvgIpc) is 3.47. The van der Waals surface area contributed by atoms with Crippen molar-refractivity contribution in [2.24, 2.45) is 0 Å². The third-order valence-electron chi connectivity index (χ3n) is 13.8. The van der Waals surface area contributed by atoms with Gasteiger partial charge in [-0.15, -0.1) is 0 Å². The fraction of sp³-hybridized carbons (Fsp3) is 0.0704. The van der Waals surface area contributed by atoms with Gasteiger partial charge in [-0.05, 0) is 153 Å². The molecule has 11 aromatic rings. The minimum atomic E-state index is 0.693.